The van der Waals surface area contributed by atoms with Gasteiger partial charge in [-0.1, -0.05) is 20.3 Å². The van der Waals surface area contributed by atoms with Gasteiger partial charge in [0.1, 0.15) is 0 Å². The molecule has 0 bridgehead atoms. The van der Waals surface area contributed by atoms with Crippen LogP contribution < -0.4 is 0 Å². The number of carbonyl (C=O) groups excluding carboxylic acids is 1. The molecule has 0 N–H and O–H groups in total. The van der Waals surface area contributed by atoms with Crippen molar-refractivity contribution in [3.63, 3.8) is 0 Å². The Morgan fingerprint density at radius 3 is 2.30 bits per heavy atom. The highest BCUT2D eigenvalue weighted by molar-refractivity contribution is 6.34. The maximum atomic E-state index is 11.1. The summed E-state index contributed by atoms with van der Waals surface area (Å²) in [5.74, 6) is 0.149. The second kappa shape index (κ2) is 3.97. The number of halogens is 1. The van der Waals surface area contributed by atoms with E-state index < -0.39 is 4.87 Å². The van der Waals surface area contributed by atoms with E-state index in [-0.39, 0.29) is 5.78 Å². The van der Waals surface area contributed by atoms with Gasteiger partial charge < -0.3 is 0 Å². The number of Topliss-reactive ketones (excluding diaryl/α,β-unsaturated/α-hetero) is 1. The van der Waals surface area contributed by atoms with Crippen molar-refractivity contribution in [3.8, 4) is 0 Å². The van der Waals surface area contributed by atoms with Crippen LogP contribution >= 0.6 is 11.6 Å². The quantitative estimate of drug-likeness (QED) is 0.581. The van der Waals surface area contributed by atoms with Gasteiger partial charge in [0, 0.05) is 6.42 Å². The molecule has 0 radical (unpaired) electrons. The lowest BCUT2D eigenvalue weighted by molar-refractivity contribution is -0.121. The molecule has 0 aliphatic rings. The van der Waals surface area contributed by atoms with E-state index in [1.165, 1.54) is 0 Å². The Balaban J connectivity index is 3.96. The van der Waals surface area contributed by atoms with Crippen molar-refractivity contribution in [1.29, 1.82) is 0 Å². The van der Waals surface area contributed by atoms with E-state index in [1.54, 1.807) is 6.92 Å². The SMILES string of the molecule is CCCC(C)(Cl)C(=O)CC. The highest BCUT2D eigenvalue weighted by atomic mass is 35.5. The smallest absolute Gasteiger partial charge is 0.153 e. The van der Waals surface area contributed by atoms with E-state index in [0.717, 1.165) is 12.8 Å². The van der Waals surface area contributed by atoms with Crippen LogP contribution in [0.5, 0.6) is 0 Å². The zero-order valence-corrected chi connectivity index (χ0v) is 7.66. The second-order valence-corrected chi connectivity index (χ2v) is 3.56. The van der Waals surface area contributed by atoms with Gasteiger partial charge >= 0.3 is 0 Å². The molecule has 0 fully saturated rings. The van der Waals surface area contributed by atoms with Crippen LogP contribution in [0.2, 0.25) is 0 Å². The number of ketones is 1. The van der Waals surface area contributed by atoms with E-state index in [4.69, 9.17) is 11.6 Å². The Morgan fingerprint density at radius 1 is 1.50 bits per heavy atom. The molecule has 60 valence electrons. The van der Waals surface area contributed by atoms with Crippen LogP contribution in [0.1, 0.15) is 40.0 Å². The summed E-state index contributed by atoms with van der Waals surface area (Å²) < 4.78 is 0. The van der Waals surface area contributed by atoms with Crippen molar-refractivity contribution in [2.24, 2.45) is 0 Å². The Labute approximate surface area is 67.8 Å². The fraction of sp³-hybridized carbons (Fsp3) is 0.875. The Hall–Kier alpha value is -0.0400. The van der Waals surface area contributed by atoms with Crippen LogP contribution in [-0.4, -0.2) is 10.7 Å². The lowest BCUT2D eigenvalue weighted by Gasteiger charge is -2.18. The highest BCUT2D eigenvalue weighted by Crippen LogP contribution is 2.23. The van der Waals surface area contributed by atoms with Crippen molar-refractivity contribution in [2.75, 3.05) is 0 Å². The number of hydrogen-bond acceptors (Lipinski definition) is 1. The average Bonchev–Trinajstić information content (AvgIpc) is 1.86. The van der Waals surface area contributed by atoms with Crippen LogP contribution in [0.25, 0.3) is 0 Å². The van der Waals surface area contributed by atoms with Gasteiger partial charge in [0.05, 0.1) is 4.87 Å². The molecule has 0 aromatic rings. The normalized spacial score (nSPS) is 16.4. The first kappa shape index (κ1) is 9.96. The predicted molar refractivity (Wildman–Crippen MR) is 44.5 cm³/mol. The minimum absolute atomic E-state index is 0.149. The van der Waals surface area contributed by atoms with Crippen LogP contribution in [-0.2, 0) is 4.79 Å². The molecule has 2 heteroatoms. The molecule has 0 amide bonds. The van der Waals surface area contributed by atoms with Crippen molar-refractivity contribution in [3.05, 3.63) is 0 Å². The van der Waals surface area contributed by atoms with Crippen molar-refractivity contribution in [2.45, 2.75) is 44.9 Å². The summed E-state index contributed by atoms with van der Waals surface area (Å²) in [6.45, 7) is 5.67. The molecule has 1 atom stereocenters. The van der Waals surface area contributed by atoms with Crippen LogP contribution in [0.3, 0.4) is 0 Å². The summed E-state index contributed by atoms with van der Waals surface area (Å²) in [7, 11) is 0. The van der Waals surface area contributed by atoms with Gasteiger partial charge in [-0.25, -0.2) is 0 Å². The van der Waals surface area contributed by atoms with Gasteiger partial charge in [0.15, 0.2) is 5.78 Å². The zero-order valence-electron chi connectivity index (χ0n) is 6.91. The lowest BCUT2D eigenvalue weighted by Crippen LogP contribution is -2.27. The first-order valence-electron chi connectivity index (χ1n) is 3.76. The van der Waals surface area contributed by atoms with Crippen LogP contribution in [0, 0.1) is 0 Å². The average molecular weight is 163 g/mol. The summed E-state index contributed by atoms with van der Waals surface area (Å²) in [6.07, 6.45) is 2.28. The molecule has 1 nitrogen and oxygen atoms in total. The maximum absolute atomic E-state index is 11.1. The van der Waals surface area contributed by atoms with Gasteiger partial charge in [-0.2, -0.15) is 0 Å². The number of rotatable bonds is 4. The molecule has 0 aromatic carbocycles. The highest BCUT2D eigenvalue weighted by Gasteiger charge is 2.26. The molecule has 0 rings (SSSR count). The van der Waals surface area contributed by atoms with Gasteiger partial charge in [-0.15, -0.1) is 11.6 Å². The minimum atomic E-state index is -0.608. The molecular weight excluding hydrogens is 148 g/mol. The van der Waals surface area contributed by atoms with E-state index >= 15 is 0 Å². The third-order valence-corrected chi connectivity index (χ3v) is 2.02. The number of hydrogen-bond donors (Lipinski definition) is 0. The topological polar surface area (TPSA) is 17.1 Å². The Bertz CT molecular complexity index is 118. The summed E-state index contributed by atoms with van der Waals surface area (Å²) in [6, 6.07) is 0. The molecule has 0 aliphatic carbocycles. The molecule has 0 heterocycles. The first-order valence-corrected chi connectivity index (χ1v) is 4.14. The molecule has 1 unspecified atom stereocenters. The largest absolute Gasteiger partial charge is 0.298 e. The minimum Gasteiger partial charge on any atom is -0.298 e. The van der Waals surface area contributed by atoms with Crippen LogP contribution in [0.4, 0.5) is 0 Å². The van der Waals surface area contributed by atoms with Crippen molar-refractivity contribution < 1.29 is 4.79 Å². The molecule has 0 saturated carbocycles. The standard InChI is InChI=1S/C8H15ClO/c1-4-6-8(3,9)7(10)5-2/h4-6H2,1-3H3. The predicted octanol–water partition coefficient (Wildman–Crippen LogP) is 2.76. The first-order chi connectivity index (χ1) is 4.54. The van der Waals surface area contributed by atoms with E-state index in [1.807, 2.05) is 13.8 Å². The summed E-state index contributed by atoms with van der Waals surface area (Å²) in [5.41, 5.74) is 0. The molecule has 0 aromatic heterocycles. The second-order valence-electron chi connectivity index (χ2n) is 2.72. The van der Waals surface area contributed by atoms with Crippen LogP contribution in [0.15, 0.2) is 0 Å². The van der Waals surface area contributed by atoms with Crippen molar-refractivity contribution >= 4 is 17.4 Å². The van der Waals surface area contributed by atoms with E-state index in [9.17, 15) is 4.79 Å². The zero-order chi connectivity index (χ0) is 8.20. The third kappa shape index (κ3) is 2.70. The third-order valence-electron chi connectivity index (χ3n) is 1.62. The lowest BCUT2D eigenvalue weighted by atomic mass is 9.98. The van der Waals surface area contributed by atoms with Crippen molar-refractivity contribution in [1.82, 2.24) is 0 Å². The van der Waals surface area contributed by atoms with Gasteiger partial charge in [0.2, 0.25) is 0 Å². The molecule has 0 spiro atoms. The van der Waals surface area contributed by atoms with E-state index in [2.05, 4.69) is 0 Å². The molecular formula is C8H15ClO. The van der Waals surface area contributed by atoms with Gasteiger partial charge in [-0.3, -0.25) is 4.79 Å². The summed E-state index contributed by atoms with van der Waals surface area (Å²) in [5, 5.41) is 0. The summed E-state index contributed by atoms with van der Waals surface area (Å²) in [4.78, 5) is 10.5. The molecule has 10 heavy (non-hydrogen) atoms. The number of carbonyl (C=O) groups is 1. The van der Waals surface area contributed by atoms with Gasteiger partial charge in [-0.05, 0) is 13.3 Å². The van der Waals surface area contributed by atoms with Gasteiger partial charge in [0.25, 0.3) is 0 Å². The van der Waals surface area contributed by atoms with E-state index in [0.29, 0.717) is 6.42 Å². The fourth-order valence-corrected chi connectivity index (χ4v) is 1.30. The summed E-state index contributed by atoms with van der Waals surface area (Å²) >= 11 is 5.94. The Kier molecular flexibility index (Phi) is 3.95. The Morgan fingerprint density at radius 2 is 2.00 bits per heavy atom. The molecule has 0 saturated heterocycles. The molecule has 0 aliphatic heterocycles. The monoisotopic (exact) mass is 162 g/mol. The maximum Gasteiger partial charge on any atom is 0.153 e. The number of alkyl halides is 1. The fourth-order valence-electron chi connectivity index (χ4n) is 0.978.